The van der Waals surface area contributed by atoms with E-state index in [1.54, 1.807) is 0 Å². The first-order chi connectivity index (χ1) is 2.56. The van der Waals surface area contributed by atoms with Gasteiger partial charge in [-0.25, -0.2) is 0 Å². The van der Waals surface area contributed by atoms with Crippen molar-refractivity contribution in [1.29, 1.82) is 0 Å². The predicted molar refractivity (Wildman–Crippen MR) is 29.3 cm³/mol. The summed E-state index contributed by atoms with van der Waals surface area (Å²) in [6, 6.07) is 0. The zero-order chi connectivity index (χ0) is 5.21. The zero-order valence-corrected chi connectivity index (χ0v) is 5.37. The number of hydrogen-bond acceptors (Lipinski definition) is 1. The van der Waals surface area contributed by atoms with Crippen molar-refractivity contribution in [2.45, 2.75) is 0 Å². The largest absolute Gasteiger partial charge is 0.349 e. The van der Waals surface area contributed by atoms with E-state index >= 15 is 0 Å². The molecule has 0 saturated heterocycles. The minimum absolute atomic E-state index is 1.50. The molecule has 4 heteroatoms. The van der Waals surface area contributed by atoms with Crippen molar-refractivity contribution in [3.8, 4) is 0 Å². The molecule has 0 heterocycles. The van der Waals surface area contributed by atoms with E-state index in [-0.39, 0.29) is 0 Å². The maximum Gasteiger partial charge on any atom is 0.166 e. The summed E-state index contributed by atoms with van der Waals surface area (Å²) in [7, 11) is 1.50. The van der Waals surface area contributed by atoms with Crippen LogP contribution in [0.15, 0.2) is 4.74 Å². The normalized spacial score (nSPS) is 19.3. The molecule has 0 bridgehead atoms. The van der Waals surface area contributed by atoms with Crippen LogP contribution in [0.2, 0.25) is 0 Å². The number of rotatable bonds is 0. The molecule has 0 radical (unpaired) electrons. The van der Waals surface area contributed by atoms with E-state index in [1.165, 1.54) is 13.7 Å². The molecular formula is C2H7ClNOP. The highest BCUT2D eigenvalue weighted by atomic mass is 35.7. The fourth-order valence-electron chi connectivity index (χ4n) is 0. The molecule has 1 N–H and O–H groups in total. The van der Waals surface area contributed by atoms with Crippen molar-refractivity contribution in [2.24, 2.45) is 4.74 Å². The summed E-state index contributed by atoms with van der Waals surface area (Å²) in [5, 5.41) is 0. The standard InChI is InChI=1S/C2H7ClNOP/c1-4-6(2,3)5/h5H,1-2H3. The molecule has 2 nitrogen and oxygen atoms in total. The van der Waals surface area contributed by atoms with Crippen LogP contribution in [-0.2, 0) is 0 Å². The van der Waals surface area contributed by atoms with Crippen LogP contribution in [0.3, 0.4) is 0 Å². The van der Waals surface area contributed by atoms with Crippen LogP contribution in [0.5, 0.6) is 0 Å². The van der Waals surface area contributed by atoms with Crippen LogP contribution in [0.4, 0.5) is 0 Å². The Kier molecular flexibility index (Phi) is 2.12. The first-order valence-electron chi connectivity index (χ1n) is 1.46. The summed E-state index contributed by atoms with van der Waals surface area (Å²) < 4.78 is 3.45. The highest BCUT2D eigenvalue weighted by Crippen LogP contribution is 2.44. The van der Waals surface area contributed by atoms with E-state index in [0.29, 0.717) is 0 Å². The molecule has 1 unspecified atom stereocenters. The van der Waals surface area contributed by atoms with Gasteiger partial charge in [-0.1, -0.05) is 0 Å². The van der Waals surface area contributed by atoms with Crippen LogP contribution in [0.25, 0.3) is 0 Å². The van der Waals surface area contributed by atoms with Crippen molar-refractivity contribution in [1.82, 2.24) is 0 Å². The molecule has 6 heavy (non-hydrogen) atoms. The van der Waals surface area contributed by atoms with Gasteiger partial charge < -0.3 is 4.89 Å². The first-order valence-corrected chi connectivity index (χ1v) is 4.51. The van der Waals surface area contributed by atoms with Crippen molar-refractivity contribution in [3.05, 3.63) is 0 Å². The lowest BCUT2D eigenvalue weighted by atomic mass is 11.6. The van der Waals surface area contributed by atoms with E-state index in [1.807, 2.05) is 0 Å². The van der Waals surface area contributed by atoms with E-state index in [4.69, 9.17) is 16.1 Å². The first kappa shape index (κ1) is 6.48. The molecule has 0 aliphatic carbocycles. The smallest absolute Gasteiger partial charge is 0.166 e. The Morgan fingerprint density at radius 3 is 2.00 bits per heavy atom. The van der Waals surface area contributed by atoms with Gasteiger partial charge in [0.25, 0.3) is 0 Å². The summed E-state index contributed by atoms with van der Waals surface area (Å²) in [4.78, 5) is 8.54. The lowest BCUT2D eigenvalue weighted by Gasteiger charge is -1.94. The van der Waals surface area contributed by atoms with Gasteiger partial charge >= 0.3 is 0 Å². The van der Waals surface area contributed by atoms with Crippen LogP contribution in [-0.4, -0.2) is 18.6 Å². The number of hydrogen-bond donors (Lipinski definition) is 1. The highest BCUT2D eigenvalue weighted by molar-refractivity contribution is 7.85. The van der Waals surface area contributed by atoms with Gasteiger partial charge in [0, 0.05) is 13.7 Å². The third-order valence-electron chi connectivity index (χ3n) is 0.365. The average Bonchev–Trinajstić information content (AvgIpc) is 1.35. The van der Waals surface area contributed by atoms with Gasteiger partial charge in [0.2, 0.25) is 0 Å². The Hall–Kier alpha value is 0.480. The van der Waals surface area contributed by atoms with E-state index in [2.05, 4.69) is 4.74 Å². The molecule has 0 fully saturated rings. The van der Waals surface area contributed by atoms with Crippen molar-refractivity contribution in [3.63, 3.8) is 0 Å². The van der Waals surface area contributed by atoms with Crippen LogP contribution in [0.1, 0.15) is 0 Å². The fourth-order valence-corrected chi connectivity index (χ4v) is 0. The molecule has 0 aromatic heterocycles. The minimum Gasteiger partial charge on any atom is -0.349 e. The Morgan fingerprint density at radius 2 is 2.00 bits per heavy atom. The second-order valence-corrected chi connectivity index (χ2v) is 4.95. The minimum atomic E-state index is -2.30. The molecule has 0 rings (SSSR count). The molecule has 1 atom stereocenters. The third kappa shape index (κ3) is 4.48. The van der Waals surface area contributed by atoms with Crippen LogP contribution in [0, 0.1) is 0 Å². The summed E-state index contributed by atoms with van der Waals surface area (Å²) in [6.07, 6.45) is 0. The van der Waals surface area contributed by atoms with Gasteiger partial charge in [-0.15, -0.1) is 0 Å². The van der Waals surface area contributed by atoms with Gasteiger partial charge in [-0.2, -0.15) is 0 Å². The number of nitrogens with zero attached hydrogens (tertiary/aromatic N) is 1. The van der Waals surface area contributed by atoms with E-state index in [0.717, 1.165) is 0 Å². The third-order valence-corrected chi connectivity index (χ3v) is 1.55. The molecule has 38 valence electrons. The Labute approximate surface area is 42.1 Å². The second kappa shape index (κ2) is 1.97. The molecule has 0 aromatic carbocycles. The monoisotopic (exact) mass is 127 g/mol. The van der Waals surface area contributed by atoms with Gasteiger partial charge in [-0.05, 0) is 11.2 Å². The topological polar surface area (TPSA) is 32.6 Å². The van der Waals surface area contributed by atoms with Crippen molar-refractivity contribution >= 4 is 17.9 Å². The Bertz CT molecular complexity index is 77.3. The van der Waals surface area contributed by atoms with Gasteiger partial charge in [0.05, 0.1) is 0 Å². The summed E-state index contributed by atoms with van der Waals surface area (Å²) >= 11 is 5.22. The van der Waals surface area contributed by atoms with Gasteiger partial charge in [0.15, 0.2) is 6.63 Å². The SMILES string of the molecule is CN=P(C)(O)Cl. The van der Waals surface area contributed by atoms with Gasteiger partial charge in [0.1, 0.15) is 0 Å². The molecule has 0 saturated carbocycles. The van der Waals surface area contributed by atoms with E-state index < -0.39 is 6.63 Å². The molecule has 0 aromatic rings. The quantitative estimate of drug-likeness (QED) is 0.492. The lowest BCUT2D eigenvalue weighted by molar-refractivity contribution is 0.634. The summed E-state index contributed by atoms with van der Waals surface area (Å²) in [5.74, 6) is 0. The van der Waals surface area contributed by atoms with Crippen molar-refractivity contribution in [2.75, 3.05) is 13.7 Å². The van der Waals surface area contributed by atoms with Crippen LogP contribution >= 0.6 is 17.9 Å². The summed E-state index contributed by atoms with van der Waals surface area (Å²) in [5.41, 5.74) is 0. The highest BCUT2D eigenvalue weighted by Gasteiger charge is 1.93. The molecular weight excluding hydrogens is 120 g/mol. The van der Waals surface area contributed by atoms with Gasteiger partial charge in [-0.3, -0.25) is 4.74 Å². The van der Waals surface area contributed by atoms with Crippen LogP contribution < -0.4 is 0 Å². The maximum absolute atomic E-state index is 8.54. The van der Waals surface area contributed by atoms with E-state index in [9.17, 15) is 0 Å². The fraction of sp³-hybridized carbons (Fsp3) is 1.00. The zero-order valence-electron chi connectivity index (χ0n) is 3.72. The molecule has 0 aliphatic rings. The Balaban J connectivity index is 3.79. The van der Waals surface area contributed by atoms with Crippen molar-refractivity contribution < 1.29 is 4.89 Å². The lowest BCUT2D eigenvalue weighted by Crippen LogP contribution is -1.57. The summed E-state index contributed by atoms with van der Waals surface area (Å²) in [6.45, 7) is -0.791. The average molecular weight is 128 g/mol. The molecule has 0 spiro atoms. The molecule has 0 amide bonds. The maximum atomic E-state index is 8.54. The Morgan fingerprint density at radius 1 is 1.83 bits per heavy atom. The number of halogens is 1. The second-order valence-electron chi connectivity index (χ2n) is 1.01. The molecule has 0 aliphatic heterocycles. The predicted octanol–water partition coefficient (Wildman–Crippen LogP) is 1.51.